The molecular weight excluding hydrogens is 212 g/mol. The molecule has 6 nitrogen and oxygen atoms in total. The van der Waals surface area contributed by atoms with Crippen LogP contribution in [0.4, 0.5) is 0 Å². The van der Waals surface area contributed by atoms with Crippen LogP contribution in [-0.4, -0.2) is 27.7 Å². The van der Waals surface area contributed by atoms with Crippen molar-refractivity contribution in [3.8, 4) is 0 Å². The Bertz CT molecular complexity index is 415. The molecule has 1 rings (SSSR count). The molecule has 88 valence electrons. The van der Waals surface area contributed by atoms with Crippen LogP contribution in [0.2, 0.25) is 0 Å². The summed E-state index contributed by atoms with van der Waals surface area (Å²) in [5.74, 6) is -1.23. The summed E-state index contributed by atoms with van der Waals surface area (Å²) in [6.45, 7) is 6.04. The van der Waals surface area contributed by atoms with Crippen LogP contribution in [0.5, 0.6) is 0 Å². The van der Waals surface area contributed by atoms with Gasteiger partial charge in [0.25, 0.3) is 5.91 Å². The molecule has 0 atom stereocenters. The van der Waals surface area contributed by atoms with Crippen molar-refractivity contribution < 1.29 is 19.2 Å². The van der Waals surface area contributed by atoms with Gasteiger partial charge in [0.15, 0.2) is 0 Å². The molecule has 2 N–H and O–H groups in total. The SMILES string of the molecule is Cc1noc(C)c1C(=O)NC(C)(C)C(=O)O. The molecule has 0 spiro atoms. The lowest BCUT2D eigenvalue weighted by Crippen LogP contribution is -2.49. The minimum absolute atomic E-state index is 0.286. The minimum Gasteiger partial charge on any atom is -0.480 e. The Labute approximate surface area is 92.6 Å². The summed E-state index contributed by atoms with van der Waals surface area (Å²) < 4.78 is 4.83. The number of aromatic nitrogens is 1. The molecule has 1 aromatic rings. The van der Waals surface area contributed by atoms with Gasteiger partial charge in [0, 0.05) is 0 Å². The Morgan fingerprint density at radius 3 is 2.31 bits per heavy atom. The number of hydrogen-bond donors (Lipinski definition) is 2. The Hall–Kier alpha value is -1.85. The van der Waals surface area contributed by atoms with Crippen LogP contribution in [0, 0.1) is 13.8 Å². The van der Waals surface area contributed by atoms with Crippen LogP contribution in [0.25, 0.3) is 0 Å². The fourth-order valence-electron chi connectivity index (χ4n) is 1.21. The van der Waals surface area contributed by atoms with Crippen molar-refractivity contribution in [1.82, 2.24) is 10.5 Å². The van der Waals surface area contributed by atoms with Gasteiger partial charge in [-0.25, -0.2) is 4.79 Å². The van der Waals surface area contributed by atoms with E-state index < -0.39 is 17.4 Å². The van der Waals surface area contributed by atoms with Crippen molar-refractivity contribution in [2.45, 2.75) is 33.2 Å². The van der Waals surface area contributed by atoms with Crippen LogP contribution in [-0.2, 0) is 4.79 Å². The second-order valence-electron chi connectivity index (χ2n) is 4.08. The van der Waals surface area contributed by atoms with Crippen molar-refractivity contribution >= 4 is 11.9 Å². The number of nitrogens with zero attached hydrogens (tertiary/aromatic N) is 1. The van der Waals surface area contributed by atoms with E-state index in [1.807, 2.05) is 0 Å². The quantitative estimate of drug-likeness (QED) is 0.798. The molecule has 0 saturated carbocycles. The first-order chi connectivity index (χ1) is 7.25. The molecule has 0 saturated heterocycles. The zero-order chi connectivity index (χ0) is 12.5. The number of amides is 1. The zero-order valence-electron chi connectivity index (χ0n) is 9.62. The number of aryl methyl sites for hydroxylation is 2. The third-order valence-electron chi connectivity index (χ3n) is 2.22. The van der Waals surface area contributed by atoms with E-state index >= 15 is 0 Å². The van der Waals surface area contributed by atoms with Crippen molar-refractivity contribution in [3.63, 3.8) is 0 Å². The summed E-state index contributed by atoms with van der Waals surface area (Å²) in [7, 11) is 0. The van der Waals surface area contributed by atoms with Gasteiger partial charge >= 0.3 is 5.97 Å². The van der Waals surface area contributed by atoms with Crippen LogP contribution in [0.15, 0.2) is 4.52 Å². The number of hydrogen-bond acceptors (Lipinski definition) is 4. The predicted octanol–water partition coefficient (Wildman–Crippen LogP) is 0.884. The van der Waals surface area contributed by atoms with Gasteiger partial charge < -0.3 is 14.9 Å². The van der Waals surface area contributed by atoms with E-state index in [1.165, 1.54) is 13.8 Å². The van der Waals surface area contributed by atoms with Crippen molar-refractivity contribution in [1.29, 1.82) is 0 Å². The maximum Gasteiger partial charge on any atom is 0.328 e. The Morgan fingerprint density at radius 2 is 1.94 bits per heavy atom. The van der Waals surface area contributed by atoms with Crippen LogP contribution in [0.3, 0.4) is 0 Å². The number of carbonyl (C=O) groups is 2. The van der Waals surface area contributed by atoms with Crippen molar-refractivity contribution in [2.75, 3.05) is 0 Å². The molecule has 0 aliphatic carbocycles. The smallest absolute Gasteiger partial charge is 0.328 e. The zero-order valence-corrected chi connectivity index (χ0v) is 9.62. The fourth-order valence-corrected chi connectivity index (χ4v) is 1.21. The van der Waals surface area contributed by atoms with E-state index in [4.69, 9.17) is 9.63 Å². The second kappa shape index (κ2) is 3.96. The molecule has 0 unspecified atom stereocenters. The van der Waals surface area contributed by atoms with E-state index in [9.17, 15) is 9.59 Å². The lowest BCUT2D eigenvalue weighted by atomic mass is 10.0. The average Bonchev–Trinajstić information content (AvgIpc) is 2.44. The molecule has 1 aromatic heterocycles. The maximum atomic E-state index is 11.8. The van der Waals surface area contributed by atoms with Gasteiger partial charge in [-0.05, 0) is 27.7 Å². The van der Waals surface area contributed by atoms with Crippen molar-refractivity contribution in [2.24, 2.45) is 0 Å². The number of aliphatic carboxylic acids is 1. The van der Waals surface area contributed by atoms with Gasteiger partial charge in [0.1, 0.15) is 16.9 Å². The highest BCUT2D eigenvalue weighted by molar-refractivity contribution is 5.99. The monoisotopic (exact) mass is 226 g/mol. The summed E-state index contributed by atoms with van der Waals surface area (Å²) in [5.41, 5.74) is -0.599. The maximum absolute atomic E-state index is 11.8. The second-order valence-corrected chi connectivity index (χ2v) is 4.08. The summed E-state index contributed by atoms with van der Waals surface area (Å²) in [6, 6.07) is 0. The highest BCUT2D eigenvalue weighted by Crippen LogP contribution is 2.13. The molecule has 0 radical (unpaired) electrons. The number of carboxylic acid groups (broad SMARTS) is 1. The number of rotatable bonds is 3. The van der Waals surface area contributed by atoms with Gasteiger partial charge in [-0.1, -0.05) is 5.16 Å². The van der Waals surface area contributed by atoms with Gasteiger partial charge in [-0.15, -0.1) is 0 Å². The van der Waals surface area contributed by atoms with E-state index in [2.05, 4.69) is 10.5 Å². The molecule has 16 heavy (non-hydrogen) atoms. The fraction of sp³-hybridized carbons (Fsp3) is 0.500. The van der Waals surface area contributed by atoms with E-state index in [1.54, 1.807) is 13.8 Å². The van der Waals surface area contributed by atoms with E-state index in [-0.39, 0.29) is 5.56 Å². The summed E-state index contributed by atoms with van der Waals surface area (Å²) >= 11 is 0. The van der Waals surface area contributed by atoms with E-state index in [0.717, 1.165) is 0 Å². The summed E-state index contributed by atoms with van der Waals surface area (Å²) in [4.78, 5) is 22.6. The highest BCUT2D eigenvalue weighted by Gasteiger charge is 2.31. The first kappa shape index (κ1) is 12.2. The molecule has 0 bridgehead atoms. The van der Waals surface area contributed by atoms with E-state index in [0.29, 0.717) is 11.5 Å². The molecule has 0 aliphatic rings. The largest absolute Gasteiger partial charge is 0.480 e. The van der Waals surface area contributed by atoms with Gasteiger partial charge in [0.05, 0.1) is 5.69 Å². The van der Waals surface area contributed by atoms with Crippen LogP contribution >= 0.6 is 0 Å². The Kier molecular flexibility index (Phi) is 3.02. The van der Waals surface area contributed by atoms with Crippen LogP contribution in [0.1, 0.15) is 35.7 Å². The topological polar surface area (TPSA) is 92.4 Å². The third-order valence-corrected chi connectivity index (χ3v) is 2.22. The number of carboxylic acids is 1. The lowest BCUT2D eigenvalue weighted by Gasteiger charge is -2.20. The van der Waals surface area contributed by atoms with Gasteiger partial charge in [-0.3, -0.25) is 4.79 Å². The lowest BCUT2D eigenvalue weighted by molar-refractivity contribution is -0.143. The summed E-state index contributed by atoms with van der Waals surface area (Å²) in [6.07, 6.45) is 0. The molecule has 0 fully saturated rings. The standard InChI is InChI=1S/C10H14N2O4/c1-5-7(6(2)16-12-5)8(13)11-10(3,4)9(14)15/h1-4H3,(H,11,13)(H,14,15). The molecule has 0 aliphatic heterocycles. The summed E-state index contributed by atoms with van der Waals surface area (Å²) in [5, 5.41) is 14.9. The van der Waals surface area contributed by atoms with Gasteiger partial charge in [0.2, 0.25) is 0 Å². The minimum atomic E-state index is -1.33. The van der Waals surface area contributed by atoms with Gasteiger partial charge in [-0.2, -0.15) is 0 Å². The molecule has 0 aromatic carbocycles. The van der Waals surface area contributed by atoms with Crippen LogP contribution < -0.4 is 5.32 Å². The first-order valence-corrected chi connectivity index (χ1v) is 4.74. The average molecular weight is 226 g/mol. The Morgan fingerprint density at radius 1 is 1.38 bits per heavy atom. The third kappa shape index (κ3) is 2.21. The predicted molar refractivity (Wildman–Crippen MR) is 55.2 cm³/mol. The Balaban J connectivity index is 2.93. The first-order valence-electron chi connectivity index (χ1n) is 4.74. The molecule has 6 heteroatoms. The highest BCUT2D eigenvalue weighted by atomic mass is 16.5. The number of carbonyl (C=O) groups excluding carboxylic acids is 1. The normalized spacial score (nSPS) is 11.2. The molecule has 1 heterocycles. The molecule has 1 amide bonds. The molecular formula is C10H14N2O4. The van der Waals surface area contributed by atoms with Crippen molar-refractivity contribution in [3.05, 3.63) is 17.0 Å². The number of nitrogens with one attached hydrogen (secondary N) is 1.